The van der Waals surface area contributed by atoms with Crippen LogP contribution < -0.4 is 0 Å². The topological polar surface area (TPSA) is 18.5 Å². The van der Waals surface area contributed by atoms with Gasteiger partial charge >= 0.3 is 0 Å². The van der Waals surface area contributed by atoms with Crippen molar-refractivity contribution in [3.05, 3.63) is 0 Å². The van der Waals surface area contributed by atoms with Crippen LogP contribution in [0.4, 0.5) is 0 Å². The summed E-state index contributed by atoms with van der Waals surface area (Å²) in [5.74, 6) is 0.791. The third kappa shape index (κ3) is 1.92. The lowest BCUT2D eigenvalue weighted by Gasteiger charge is -2.12. The van der Waals surface area contributed by atoms with E-state index in [2.05, 4.69) is 15.9 Å². The van der Waals surface area contributed by atoms with Gasteiger partial charge < -0.3 is 9.47 Å². The van der Waals surface area contributed by atoms with E-state index in [-0.39, 0.29) is 6.29 Å². The van der Waals surface area contributed by atoms with Crippen LogP contribution in [0.5, 0.6) is 0 Å². The van der Waals surface area contributed by atoms with Gasteiger partial charge in [0.25, 0.3) is 0 Å². The first-order valence-electron chi connectivity index (χ1n) is 5.06. The van der Waals surface area contributed by atoms with Crippen molar-refractivity contribution in [3.8, 4) is 0 Å². The van der Waals surface area contributed by atoms with Crippen LogP contribution in [0, 0.1) is 11.3 Å². The van der Waals surface area contributed by atoms with Crippen LogP contribution in [-0.4, -0.2) is 24.3 Å². The fourth-order valence-electron chi connectivity index (χ4n) is 2.07. The first-order valence-corrected chi connectivity index (χ1v) is 5.98. The molecule has 2 aliphatic carbocycles. The van der Waals surface area contributed by atoms with Crippen molar-refractivity contribution in [2.45, 2.75) is 37.8 Å². The molecular formula is C10H17BrO2. The smallest absolute Gasteiger partial charge is 0.154 e. The highest BCUT2D eigenvalue weighted by molar-refractivity contribution is 9.09. The van der Waals surface area contributed by atoms with Crippen LogP contribution in [0.25, 0.3) is 0 Å². The summed E-state index contributed by atoms with van der Waals surface area (Å²) < 4.78 is 10.9. The summed E-state index contributed by atoms with van der Waals surface area (Å²) in [6.45, 7) is 5.58. The highest BCUT2D eigenvalue weighted by Gasteiger charge is 2.69. The van der Waals surface area contributed by atoms with Crippen LogP contribution >= 0.6 is 15.9 Å². The highest BCUT2D eigenvalue weighted by atomic mass is 79.9. The summed E-state index contributed by atoms with van der Waals surface area (Å²) in [5, 5.41) is 0. The number of hydrogen-bond acceptors (Lipinski definition) is 2. The minimum absolute atomic E-state index is 0.0322. The Labute approximate surface area is 88.1 Å². The van der Waals surface area contributed by atoms with Crippen LogP contribution in [0.3, 0.4) is 0 Å². The Morgan fingerprint density at radius 2 is 2.15 bits per heavy atom. The Kier molecular flexibility index (Phi) is 2.69. The average Bonchev–Trinajstić information content (AvgIpc) is 2.92. The van der Waals surface area contributed by atoms with Crippen LogP contribution in [0.2, 0.25) is 0 Å². The van der Waals surface area contributed by atoms with Crippen molar-refractivity contribution >= 4 is 15.9 Å². The molecule has 0 aliphatic heterocycles. The fraction of sp³-hybridized carbons (Fsp3) is 1.00. The van der Waals surface area contributed by atoms with Gasteiger partial charge in [0.2, 0.25) is 0 Å². The third-order valence-electron chi connectivity index (χ3n) is 3.24. The molecule has 0 amide bonds. The van der Waals surface area contributed by atoms with E-state index in [0.29, 0.717) is 5.41 Å². The van der Waals surface area contributed by atoms with Crippen LogP contribution in [0.15, 0.2) is 0 Å². The fourth-order valence-corrected chi connectivity index (χ4v) is 3.23. The molecule has 0 heterocycles. The third-order valence-corrected chi connectivity index (χ3v) is 4.47. The summed E-state index contributed by atoms with van der Waals surface area (Å²) in [5.41, 5.74) is 0.645. The molecule has 2 aliphatic rings. The summed E-state index contributed by atoms with van der Waals surface area (Å²) >= 11 is 3.66. The summed E-state index contributed by atoms with van der Waals surface area (Å²) in [4.78, 5) is 0.774. The van der Waals surface area contributed by atoms with Gasteiger partial charge in [-0.2, -0.15) is 0 Å². The predicted octanol–water partition coefficient (Wildman–Crippen LogP) is 2.56. The molecule has 0 aromatic carbocycles. The minimum atomic E-state index is -0.0322. The normalized spacial score (nSPS) is 43.6. The van der Waals surface area contributed by atoms with Crippen molar-refractivity contribution in [2.24, 2.45) is 11.3 Å². The molecule has 0 N–H and O–H groups in total. The van der Waals surface area contributed by atoms with E-state index >= 15 is 0 Å². The monoisotopic (exact) mass is 248 g/mol. The zero-order chi connectivity index (χ0) is 9.47. The van der Waals surface area contributed by atoms with Gasteiger partial charge in [-0.3, -0.25) is 0 Å². The average molecular weight is 249 g/mol. The molecule has 4 atom stereocenters. The standard InChI is InChI=1S/C10H17BrO2/c1-3-12-7(2)13-6-8-4-10(8)5-9(10)11/h7-9H,3-6H2,1-2H3/t7-,8-,9+,10+/m0/s1. The maximum atomic E-state index is 5.59. The quantitative estimate of drug-likeness (QED) is 0.550. The van der Waals surface area contributed by atoms with Gasteiger partial charge in [0.05, 0.1) is 6.61 Å². The second kappa shape index (κ2) is 3.52. The van der Waals surface area contributed by atoms with Crippen molar-refractivity contribution in [2.75, 3.05) is 13.2 Å². The molecule has 2 nitrogen and oxygen atoms in total. The molecule has 0 saturated heterocycles. The lowest BCUT2D eigenvalue weighted by Crippen LogP contribution is -2.14. The van der Waals surface area contributed by atoms with Crippen molar-refractivity contribution in [3.63, 3.8) is 0 Å². The lowest BCUT2D eigenvalue weighted by atomic mass is 10.3. The Morgan fingerprint density at radius 1 is 1.46 bits per heavy atom. The molecule has 3 heteroatoms. The molecule has 0 aromatic rings. The second-order valence-corrected chi connectivity index (χ2v) is 5.27. The van der Waals surface area contributed by atoms with Gasteiger partial charge in [-0.1, -0.05) is 15.9 Å². The molecule has 0 bridgehead atoms. The Hall–Kier alpha value is 0.400. The number of alkyl halides is 1. The zero-order valence-corrected chi connectivity index (χ0v) is 9.84. The minimum Gasteiger partial charge on any atom is -0.353 e. The first-order chi connectivity index (χ1) is 6.19. The van der Waals surface area contributed by atoms with E-state index in [1.165, 1.54) is 12.8 Å². The maximum absolute atomic E-state index is 5.59. The van der Waals surface area contributed by atoms with E-state index in [9.17, 15) is 0 Å². The highest BCUT2D eigenvalue weighted by Crippen LogP contribution is 2.73. The summed E-state index contributed by atoms with van der Waals surface area (Å²) in [6, 6.07) is 0. The van der Waals surface area contributed by atoms with Gasteiger partial charge in [0, 0.05) is 11.4 Å². The molecule has 1 spiro atoms. The number of rotatable bonds is 5. The van der Waals surface area contributed by atoms with Gasteiger partial charge in [-0.05, 0) is 38.0 Å². The molecule has 2 fully saturated rings. The zero-order valence-electron chi connectivity index (χ0n) is 8.25. The SMILES string of the molecule is CCO[C@H](C)OC[C@@H]1C[C@@]12C[C@H]2Br. The van der Waals surface area contributed by atoms with E-state index in [1.807, 2.05) is 13.8 Å². The number of hydrogen-bond donors (Lipinski definition) is 0. The maximum Gasteiger partial charge on any atom is 0.154 e. The molecule has 2 saturated carbocycles. The van der Waals surface area contributed by atoms with Crippen LogP contribution in [-0.2, 0) is 9.47 Å². The van der Waals surface area contributed by atoms with Crippen molar-refractivity contribution in [1.82, 2.24) is 0 Å². The molecule has 0 radical (unpaired) electrons. The first kappa shape index (κ1) is 9.94. The van der Waals surface area contributed by atoms with Crippen molar-refractivity contribution < 1.29 is 9.47 Å². The number of ether oxygens (including phenoxy) is 2. The van der Waals surface area contributed by atoms with Crippen molar-refractivity contribution in [1.29, 1.82) is 0 Å². The Morgan fingerprint density at radius 3 is 2.62 bits per heavy atom. The van der Waals surface area contributed by atoms with E-state index < -0.39 is 0 Å². The number of halogens is 1. The second-order valence-electron chi connectivity index (χ2n) is 4.16. The molecular weight excluding hydrogens is 232 g/mol. The van der Waals surface area contributed by atoms with Gasteiger partial charge in [-0.15, -0.1) is 0 Å². The van der Waals surface area contributed by atoms with E-state index in [0.717, 1.165) is 24.0 Å². The van der Waals surface area contributed by atoms with E-state index in [1.54, 1.807) is 0 Å². The molecule has 0 unspecified atom stereocenters. The molecule has 76 valence electrons. The largest absolute Gasteiger partial charge is 0.353 e. The lowest BCUT2D eigenvalue weighted by molar-refractivity contribution is -0.130. The van der Waals surface area contributed by atoms with E-state index in [4.69, 9.17) is 9.47 Å². The van der Waals surface area contributed by atoms with Crippen LogP contribution in [0.1, 0.15) is 26.7 Å². The van der Waals surface area contributed by atoms with Gasteiger partial charge in [0.1, 0.15) is 0 Å². The Bertz CT molecular complexity index is 197. The Balaban J connectivity index is 1.60. The molecule has 13 heavy (non-hydrogen) atoms. The van der Waals surface area contributed by atoms with Gasteiger partial charge in [0.15, 0.2) is 6.29 Å². The molecule has 0 aromatic heterocycles. The van der Waals surface area contributed by atoms with Gasteiger partial charge in [-0.25, -0.2) is 0 Å². The summed E-state index contributed by atoms with van der Waals surface area (Å²) in [7, 11) is 0. The molecule has 2 rings (SSSR count). The predicted molar refractivity (Wildman–Crippen MR) is 54.9 cm³/mol. The summed E-state index contributed by atoms with van der Waals surface area (Å²) in [6.07, 6.45) is 2.67.